The van der Waals surface area contributed by atoms with Crippen LogP contribution in [0.4, 0.5) is 0 Å². The van der Waals surface area contributed by atoms with E-state index in [0.717, 1.165) is 23.5 Å². The smallest absolute Gasteiger partial charge is 0.242 e. The summed E-state index contributed by atoms with van der Waals surface area (Å²) in [4.78, 5) is 1.14. The molecule has 0 aromatic carbocycles. The van der Waals surface area contributed by atoms with Crippen molar-refractivity contribution < 1.29 is 12.9 Å². The minimum Gasteiger partial charge on any atom is -0.360 e. The maximum Gasteiger partial charge on any atom is 0.242 e. The Morgan fingerprint density at radius 1 is 1.38 bits per heavy atom. The first-order valence-electron chi connectivity index (χ1n) is 6.72. The molecule has 0 saturated carbocycles. The minimum absolute atomic E-state index is 0.0981. The Morgan fingerprint density at radius 2 is 2.19 bits per heavy atom. The van der Waals surface area contributed by atoms with Gasteiger partial charge in [0.25, 0.3) is 0 Å². The van der Waals surface area contributed by atoms with Gasteiger partial charge in [0.1, 0.15) is 0 Å². The predicted octanol–water partition coefficient (Wildman–Crippen LogP) is 2.02. The molecule has 0 bridgehead atoms. The third-order valence-electron chi connectivity index (χ3n) is 2.82. The van der Waals surface area contributed by atoms with Crippen LogP contribution >= 0.6 is 11.3 Å². The molecule has 0 spiro atoms. The highest BCUT2D eigenvalue weighted by atomic mass is 32.2. The SMILES string of the molecule is CCCNCc1sccc1S(=O)(=O)NCc1cc(C)no1. The van der Waals surface area contributed by atoms with Gasteiger partial charge in [-0.2, -0.15) is 0 Å². The standard InChI is InChI=1S/C13H19N3O3S2/c1-3-5-14-9-12-13(4-6-20-12)21(17,18)15-8-11-7-10(2)16-19-11/h4,6-7,14-15H,3,5,8-9H2,1-2H3. The van der Waals surface area contributed by atoms with Crippen molar-refractivity contribution in [3.63, 3.8) is 0 Å². The summed E-state index contributed by atoms with van der Waals surface area (Å²) in [5.74, 6) is 0.497. The number of sulfonamides is 1. The van der Waals surface area contributed by atoms with Gasteiger partial charge in [0.15, 0.2) is 5.76 Å². The number of rotatable bonds is 8. The number of hydrogen-bond donors (Lipinski definition) is 2. The summed E-state index contributed by atoms with van der Waals surface area (Å²) in [7, 11) is -3.54. The second-order valence-corrected chi connectivity index (χ2v) is 7.38. The van der Waals surface area contributed by atoms with Crippen molar-refractivity contribution in [2.45, 2.75) is 38.3 Å². The fourth-order valence-corrected chi connectivity index (χ4v) is 4.22. The molecule has 0 fully saturated rings. The van der Waals surface area contributed by atoms with Crippen LogP contribution in [-0.4, -0.2) is 20.1 Å². The first-order chi connectivity index (χ1) is 10.0. The molecule has 116 valence electrons. The summed E-state index contributed by atoms with van der Waals surface area (Å²) >= 11 is 1.44. The molecule has 0 unspecified atom stereocenters. The lowest BCUT2D eigenvalue weighted by molar-refractivity contribution is 0.377. The van der Waals surface area contributed by atoms with Gasteiger partial charge >= 0.3 is 0 Å². The zero-order valence-electron chi connectivity index (χ0n) is 12.0. The molecule has 2 aromatic heterocycles. The summed E-state index contributed by atoms with van der Waals surface area (Å²) in [6.07, 6.45) is 1.01. The van der Waals surface area contributed by atoms with Gasteiger partial charge in [0, 0.05) is 17.5 Å². The van der Waals surface area contributed by atoms with Crippen LogP contribution in [-0.2, 0) is 23.1 Å². The summed E-state index contributed by atoms with van der Waals surface area (Å²) in [6, 6.07) is 3.33. The van der Waals surface area contributed by atoms with Gasteiger partial charge in [-0.1, -0.05) is 12.1 Å². The predicted molar refractivity (Wildman–Crippen MR) is 81.6 cm³/mol. The molecule has 0 aliphatic rings. The van der Waals surface area contributed by atoms with Crippen LogP contribution in [0.5, 0.6) is 0 Å². The minimum atomic E-state index is -3.54. The van der Waals surface area contributed by atoms with Crippen molar-refractivity contribution in [2.75, 3.05) is 6.54 Å². The van der Waals surface area contributed by atoms with Crippen LogP contribution in [0, 0.1) is 6.92 Å². The van der Waals surface area contributed by atoms with Crippen molar-refractivity contribution in [2.24, 2.45) is 0 Å². The van der Waals surface area contributed by atoms with Gasteiger partial charge in [-0.25, -0.2) is 13.1 Å². The monoisotopic (exact) mass is 329 g/mol. The average Bonchev–Trinajstić information content (AvgIpc) is 3.06. The molecular formula is C13H19N3O3S2. The van der Waals surface area contributed by atoms with E-state index in [9.17, 15) is 8.42 Å². The number of aromatic nitrogens is 1. The first kappa shape index (κ1) is 16.2. The second-order valence-electron chi connectivity index (χ2n) is 4.64. The number of nitrogens with one attached hydrogen (secondary N) is 2. The molecule has 21 heavy (non-hydrogen) atoms. The number of thiophene rings is 1. The highest BCUT2D eigenvalue weighted by Crippen LogP contribution is 2.22. The molecule has 0 aliphatic carbocycles. The van der Waals surface area contributed by atoms with Crippen LogP contribution in [0.25, 0.3) is 0 Å². The lowest BCUT2D eigenvalue weighted by atomic mass is 10.4. The van der Waals surface area contributed by atoms with Gasteiger partial charge < -0.3 is 9.84 Å². The van der Waals surface area contributed by atoms with E-state index in [-0.39, 0.29) is 6.54 Å². The zero-order valence-corrected chi connectivity index (χ0v) is 13.7. The number of nitrogens with zero attached hydrogens (tertiary/aromatic N) is 1. The fraction of sp³-hybridized carbons (Fsp3) is 0.462. The van der Waals surface area contributed by atoms with Crippen molar-refractivity contribution >= 4 is 21.4 Å². The van der Waals surface area contributed by atoms with E-state index in [4.69, 9.17) is 4.52 Å². The molecule has 2 heterocycles. The lowest BCUT2D eigenvalue weighted by Crippen LogP contribution is -2.24. The third-order valence-corrected chi connectivity index (χ3v) is 5.36. The fourth-order valence-electron chi connectivity index (χ4n) is 1.82. The molecule has 8 heteroatoms. The summed E-state index contributed by atoms with van der Waals surface area (Å²) in [6.45, 7) is 5.38. The Kier molecular flexibility index (Phi) is 5.51. The van der Waals surface area contributed by atoms with Gasteiger partial charge in [-0.3, -0.25) is 0 Å². The Labute approximate surface area is 128 Å². The van der Waals surface area contributed by atoms with E-state index in [1.165, 1.54) is 11.3 Å². The van der Waals surface area contributed by atoms with Crippen LogP contribution in [0.3, 0.4) is 0 Å². The van der Waals surface area contributed by atoms with E-state index >= 15 is 0 Å². The topological polar surface area (TPSA) is 84.2 Å². The maximum absolute atomic E-state index is 12.3. The molecule has 2 rings (SSSR count). The zero-order chi connectivity index (χ0) is 15.3. The van der Waals surface area contributed by atoms with E-state index in [0.29, 0.717) is 17.2 Å². The number of aryl methyl sites for hydroxylation is 1. The second kappa shape index (κ2) is 7.17. The number of hydrogen-bond acceptors (Lipinski definition) is 6. The molecule has 0 atom stereocenters. The Balaban J connectivity index is 2.03. The van der Waals surface area contributed by atoms with Crippen LogP contribution in [0.2, 0.25) is 0 Å². The van der Waals surface area contributed by atoms with Crippen LogP contribution in [0.1, 0.15) is 29.7 Å². The molecule has 0 amide bonds. The van der Waals surface area contributed by atoms with E-state index < -0.39 is 10.0 Å². The van der Waals surface area contributed by atoms with E-state index in [1.54, 1.807) is 24.4 Å². The van der Waals surface area contributed by atoms with Gasteiger partial charge in [0.05, 0.1) is 17.1 Å². The van der Waals surface area contributed by atoms with Gasteiger partial charge in [-0.15, -0.1) is 11.3 Å². The third kappa shape index (κ3) is 4.37. The van der Waals surface area contributed by atoms with Crippen molar-refractivity contribution in [3.8, 4) is 0 Å². The summed E-state index contributed by atoms with van der Waals surface area (Å²) in [5, 5.41) is 8.73. The largest absolute Gasteiger partial charge is 0.360 e. The first-order valence-corrected chi connectivity index (χ1v) is 9.08. The highest BCUT2D eigenvalue weighted by Gasteiger charge is 2.20. The highest BCUT2D eigenvalue weighted by molar-refractivity contribution is 7.89. The van der Waals surface area contributed by atoms with Crippen molar-refractivity contribution in [1.29, 1.82) is 0 Å². The van der Waals surface area contributed by atoms with E-state index in [1.807, 2.05) is 0 Å². The summed E-state index contributed by atoms with van der Waals surface area (Å²) in [5.41, 5.74) is 0.726. The van der Waals surface area contributed by atoms with Crippen molar-refractivity contribution in [1.82, 2.24) is 15.2 Å². The molecule has 0 radical (unpaired) electrons. The molecule has 6 nitrogen and oxygen atoms in total. The quantitative estimate of drug-likeness (QED) is 0.724. The van der Waals surface area contributed by atoms with Gasteiger partial charge in [0.2, 0.25) is 10.0 Å². The normalized spacial score (nSPS) is 11.9. The average molecular weight is 329 g/mol. The van der Waals surface area contributed by atoms with Gasteiger partial charge in [-0.05, 0) is 31.3 Å². The molecule has 2 N–H and O–H groups in total. The molecule has 2 aromatic rings. The Hall–Kier alpha value is -1.22. The Morgan fingerprint density at radius 3 is 2.86 bits per heavy atom. The van der Waals surface area contributed by atoms with Crippen LogP contribution < -0.4 is 10.0 Å². The van der Waals surface area contributed by atoms with Crippen molar-refractivity contribution in [3.05, 3.63) is 33.8 Å². The maximum atomic E-state index is 12.3. The Bertz CT molecular complexity index is 676. The van der Waals surface area contributed by atoms with E-state index in [2.05, 4.69) is 22.1 Å². The molecule has 0 aliphatic heterocycles. The van der Waals surface area contributed by atoms with Crippen LogP contribution in [0.15, 0.2) is 26.9 Å². The summed E-state index contributed by atoms with van der Waals surface area (Å²) < 4.78 is 32.2. The molecule has 0 saturated heterocycles. The lowest BCUT2D eigenvalue weighted by Gasteiger charge is -2.07. The molecular weight excluding hydrogens is 310 g/mol.